The van der Waals surface area contributed by atoms with Gasteiger partial charge in [0.15, 0.2) is 0 Å². The van der Waals surface area contributed by atoms with Gasteiger partial charge < -0.3 is 4.52 Å². The first-order valence-electron chi connectivity index (χ1n) is 8.18. The number of thiophene rings is 1. The van der Waals surface area contributed by atoms with Crippen LogP contribution in [0.5, 0.6) is 0 Å². The molecular weight excluding hydrogens is 373 g/mol. The molecule has 0 aliphatic heterocycles. The van der Waals surface area contributed by atoms with E-state index in [9.17, 15) is 13.2 Å². The summed E-state index contributed by atoms with van der Waals surface area (Å²) in [6.07, 6.45) is 0.762. The number of aromatic nitrogens is 2. The van der Waals surface area contributed by atoms with Gasteiger partial charge in [0.2, 0.25) is 5.82 Å². The second-order valence-electron chi connectivity index (χ2n) is 6.08. The van der Waals surface area contributed by atoms with Crippen molar-refractivity contribution in [3.05, 3.63) is 70.8 Å². The zero-order valence-corrected chi connectivity index (χ0v) is 14.9. The van der Waals surface area contributed by atoms with Gasteiger partial charge in [0, 0.05) is 16.7 Å². The molecular formula is C20H13F3N2OS. The molecule has 3 nitrogen and oxygen atoms in total. The highest BCUT2D eigenvalue weighted by molar-refractivity contribution is 7.15. The predicted octanol–water partition coefficient (Wildman–Crippen LogP) is 6.23. The lowest BCUT2D eigenvalue weighted by atomic mass is 9.99. The summed E-state index contributed by atoms with van der Waals surface area (Å²) >= 11 is 0.593. The summed E-state index contributed by atoms with van der Waals surface area (Å²) in [5, 5.41) is 3.88. The Bertz CT molecular complexity index is 1070. The summed E-state index contributed by atoms with van der Waals surface area (Å²) in [4.78, 5) is 3.82. The minimum atomic E-state index is -4.48. The van der Waals surface area contributed by atoms with Crippen LogP contribution in [0, 0.1) is 5.92 Å². The molecule has 7 heteroatoms. The molecule has 2 aromatic heterocycles. The zero-order valence-electron chi connectivity index (χ0n) is 14.1. The average molecular weight is 386 g/mol. The molecule has 4 rings (SSSR count). The fourth-order valence-electron chi connectivity index (χ4n) is 2.68. The third kappa shape index (κ3) is 3.52. The summed E-state index contributed by atoms with van der Waals surface area (Å²) in [6, 6.07) is 10.5. The van der Waals surface area contributed by atoms with Crippen LogP contribution in [0.1, 0.15) is 17.4 Å². The van der Waals surface area contributed by atoms with Gasteiger partial charge in [-0.05, 0) is 24.1 Å². The van der Waals surface area contributed by atoms with Crippen LogP contribution >= 0.6 is 11.3 Å². The van der Waals surface area contributed by atoms with Crippen LogP contribution in [0.15, 0.2) is 64.9 Å². The predicted molar refractivity (Wildman–Crippen MR) is 97.8 cm³/mol. The Labute approximate surface area is 157 Å². The molecule has 1 aromatic carbocycles. The molecule has 0 fully saturated rings. The van der Waals surface area contributed by atoms with Crippen molar-refractivity contribution in [3.8, 4) is 22.2 Å². The largest absolute Gasteiger partial charge is 0.426 e. The number of benzene rings is 1. The number of allylic oxidation sites excluding steroid dienone is 3. The smallest absolute Gasteiger partial charge is 0.333 e. The van der Waals surface area contributed by atoms with Crippen LogP contribution < -0.4 is 0 Å². The maximum absolute atomic E-state index is 13.5. The van der Waals surface area contributed by atoms with Gasteiger partial charge in [-0.1, -0.05) is 48.5 Å². The Hall–Kier alpha value is -2.89. The fraction of sp³-hybridized carbons (Fsp3) is 0.150. The second kappa shape index (κ2) is 6.68. The average Bonchev–Trinajstić information content (AvgIpc) is 3.30. The number of rotatable bonds is 3. The number of halogens is 3. The summed E-state index contributed by atoms with van der Waals surface area (Å²) < 4.78 is 45.9. The van der Waals surface area contributed by atoms with E-state index in [1.807, 2.05) is 31.2 Å². The SMILES string of the molecule is CC1C=C=C(c2cc(-c3nc(-c4ccccc4)no3)sc2C(F)(F)F)C=C1. The Morgan fingerprint density at radius 3 is 2.63 bits per heavy atom. The Morgan fingerprint density at radius 2 is 1.96 bits per heavy atom. The Balaban J connectivity index is 1.78. The third-order valence-electron chi connectivity index (χ3n) is 4.02. The molecule has 1 aliphatic carbocycles. The molecule has 1 unspecified atom stereocenters. The zero-order chi connectivity index (χ0) is 19.0. The molecule has 0 amide bonds. The van der Waals surface area contributed by atoms with Gasteiger partial charge >= 0.3 is 6.18 Å². The van der Waals surface area contributed by atoms with E-state index in [1.54, 1.807) is 24.3 Å². The maximum atomic E-state index is 13.5. The fourth-order valence-corrected chi connectivity index (χ4v) is 3.64. The molecule has 2 heterocycles. The second-order valence-corrected chi connectivity index (χ2v) is 7.14. The van der Waals surface area contributed by atoms with Crippen molar-refractivity contribution in [2.75, 3.05) is 0 Å². The van der Waals surface area contributed by atoms with Crippen molar-refractivity contribution < 1.29 is 17.7 Å². The number of hydrogen-bond acceptors (Lipinski definition) is 4. The molecule has 0 radical (unpaired) electrons. The normalized spacial score (nSPS) is 16.6. The Kier molecular flexibility index (Phi) is 4.34. The van der Waals surface area contributed by atoms with E-state index in [-0.39, 0.29) is 22.2 Å². The monoisotopic (exact) mass is 386 g/mol. The maximum Gasteiger partial charge on any atom is 0.426 e. The highest BCUT2D eigenvalue weighted by Gasteiger charge is 2.37. The number of hydrogen-bond donors (Lipinski definition) is 0. The molecule has 0 saturated carbocycles. The lowest BCUT2D eigenvalue weighted by molar-refractivity contribution is -0.134. The molecule has 0 N–H and O–H groups in total. The highest BCUT2D eigenvalue weighted by atomic mass is 32.1. The van der Waals surface area contributed by atoms with E-state index in [1.165, 1.54) is 6.07 Å². The first-order valence-corrected chi connectivity index (χ1v) is 8.99. The lowest BCUT2D eigenvalue weighted by Crippen LogP contribution is -2.04. The molecule has 0 spiro atoms. The van der Waals surface area contributed by atoms with E-state index >= 15 is 0 Å². The van der Waals surface area contributed by atoms with E-state index in [0.29, 0.717) is 22.7 Å². The number of alkyl halides is 3. The minimum Gasteiger partial charge on any atom is -0.333 e. The molecule has 0 saturated heterocycles. The van der Waals surface area contributed by atoms with Crippen molar-refractivity contribution in [1.82, 2.24) is 10.1 Å². The summed E-state index contributed by atoms with van der Waals surface area (Å²) in [6.45, 7) is 1.94. The van der Waals surface area contributed by atoms with Gasteiger partial charge in [-0.2, -0.15) is 18.2 Å². The first-order chi connectivity index (χ1) is 12.9. The van der Waals surface area contributed by atoms with Crippen molar-refractivity contribution in [2.45, 2.75) is 13.1 Å². The van der Waals surface area contributed by atoms with Gasteiger partial charge in [-0.25, -0.2) is 0 Å². The van der Waals surface area contributed by atoms with E-state index < -0.39 is 11.1 Å². The van der Waals surface area contributed by atoms with Crippen LogP contribution in [0.2, 0.25) is 0 Å². The summed E-state index contributed by atoms with van der Waals surface area (Å²) in [5.74, 6) is 0.540. The van der Waals surface area contributed by atoms with Crippen LogP contribution in [0.4, 0.5) is 13.2 Å². The van der Waals surface area contributed by atoms with E-state index in [4.69, 9.17) is 4.52 Å². The third-order valence-corrected chi connectivity index (χ3v) is 5.18. The lowest BCUT2D eigenvalue weighted by Gasteiger charge is -2.09. The molecule has 1 aliphatic rings. The number of nitrogens with zero attached hydrogens (tertiary/aromatic N) is 2. The van der Waals surface area contributed by atoms with Crippen LogP contribution in [0.3, 0.4) is 0 Å². The van der Waals surface area contributed by atoms with Crippen LogP contribution in [0.25, 0.3) is 27.7 Å². The topological polar surface area (TPSA) is 38.9 Å². The molecule has 0 bridgehead atoms. The molecule has 3 aromatic rings. The Morgan fingerprint density at radius 1 is 1.19 bits per heavy atom. The quantitative estimate of drug-likeness (QED) is 0.501. The standard InChI is InChI=1S/C20H13F3N2OS/c1-12-7-9-13(10-8-12)15-11-16(27-17(15)20(21,22)23)19-24-18(25-26-19)14-5-3-2-4-6-14/h2-9,11-12H,1H3. The van der Waals surface area contributed by atoms with Crippen molar-refractivity contribution in [1.29, 1.82) is 0 Å². The van der Waals surface area contributed by atoms with Crippen molar-refractivity contribution in [3.63, 3.8) is 0 Å². The summed E-state index contributed by atoms with van der Waals surface area (Å²) in [7, 11) is 0. The van der Waals surface area contributed by atoms with Crippen LogP contribution in [-0.4, -0.2) is 10.1 Å². The van der Waals surface area contributed by atoms with Gasteiger partial charge in [-0.15, -0.1) is 17.1 Å². The van der Waals surface area contributed by atoms with Crippen molar-refractivity contribution >= 4 is 16.9 Å². The molecule has 136 valence electrons. The van der Waals surface area contributed by atoms with Gasteiger partial charge in [0.05, 0.1) is 4.88 Å². The highest BCUT2D eigenvalue weighted by Crippen LogP contribution is 2.44. The van der Waals surface area contributed by atoms with Gasteiger partial charge in [0.1, 0.15) is 4.88 Å². The van der Waals surface area contributed by atoms with Crippen molar-refractivity contribution in [2.24, 2.45) is 5.92 Å². The van der Waals surface area contributed by atoms with Gasteiger partial charge in [-0.3, -0.25) is 0 Å². The van der Waals surface area contributed by atoms with Gasteiger partial charge in [0.25, 0.3) is 5.89 Å². The molecule has 1 atom stereocenters. The first kappa shape index (κ1) is 17.5. The van der Waals surface area contributed by atoms with E-state index in [0.717, 1.165) is 5.56 Å². The van der Waals surface area contributed by atoms with E-state index in [2.05, 4.69) is 15.9 Å². The summed E-state index contributed by atoms with van der Waals surface area (Å²) in [5.41, 5.74) is 4.13. The molecule has 27 heavy (non-hydrogen) atoms. The minimum absolute atomic E-state index is 0.0633. The van der Waals surface area contributed by atoms with Crippen LogP contribution in [-0.2, 0) is 6.18 Å².